The minimum Gasteiger partial charge on any atom is -0.497 e. The van der Waals surface area contributed by atoms with Crippen LogP contribution in [0.5, 0.6) is 5.75 Å². The molecule has 0 spiro atoms. The quantitative estimate of drug-likeness (QED) is 0.650. The van der Waals surface area contributed by atoms with Gasteiger partial charge in [0.25, 0.3) is 5.69 Å². The minimum atomic E-state index is -0.366. The third kappa shape index (κ3) is 2.53. The highest BCUT2D eigenvalue weighted by Crippen LogP contribution is 2.33. The van der Waals surface area contributed by atoms with Gasteiger partial charge >= 0.3 is 0 Å². The van der Waals surface area contributed by atoms with E-state index in [1.54, 1.807) is 19.2 Å². The Balaban J connectivity index is 2.36. The van der Waals surface area contributed by atoms with E-state index in [1.807, 2.05) is 4.90 Å². The van der Waals surface area contributed by atoms with Crippen LogP contribution < -0.4 is 15.4 Å². The van der Waals surface area contributed by atoms with E-state index >= 15 is 0 Å². The van der Waals surface area contributed by atoms with E-state index in [0.717, 1.165) is 19.4 Å². The van der Waals surface area contributed by atoms with Gasteiger partial charge in [0.2, 0.25) is 0 Å². The number of nitrogens with two attached hydrogens (primary N) is 1. The first-order chi connectivity index (χ1) is 8.61. The van der Waals surface area contributed by atoms with Crippen molar-refractivity contribution in [3.8, 4) is 5.75 Å². The minimum absolute atomic E-state index is 0.0737. The Bertz CT molecular complexity index is 450. The van der Waals surface area contributed by atoms with Crippen molar-refractivity contribution in [3.63, 3.8) is 0 Å². The van der Waals surface area contributed by atoms with Gasteiger partial charge in [0.05, 0.1) is 12.0 Å². The molecule has 1 fully saturated rings. The van der Waals surface area contributed by atoms with Gasteiger partial charge in [-0.1, -0.05) is 0 Å². The van der Waals surface area contributed by atoms with Gasteiger partial charge in [-0.3, -0.25) is 10.1 Å². The van der Waals surface area contributed by atoms with Crippen molar-refractivity contribution >= 4 is 11.4 Å². The number of piperidine rings is 1. The zero-order valence-corrected chi connectivity index (χ0v) is 10.3. The van der Waals surface area contributed by atoms with Crippen LogP contribution in [0.1, 0.15) is 12.8 Å². The van der Waals surface area contributed by atoms with Crippen molar-refractivity contribution in [1.29, 1.82) is 0 Å². The van der Waals surface area contributed by atoms with Crippen molar-refractivity contribution < 1.29 is 9.66 Å². The first-order valence-electron chi connectivity index (χ1n) is 5.95. The molecule has 6 nitrogen and oxygen atoms in total. The summed E-state index contributed by atoms with van der Waals surface area (Å²) in [5.41, 5.74) is 6.61. The Morgan fingerprint density at radius 1 is 1.56 bits per heavy atom. The molecule has 1 aromatic carbocycles. The summed E-state index contributed by atoms with van der Waals surface area (Å²) in [6, 6.07) is 4.86. The largest absolute Gasteiger partial charge is 0.497 e. The van der Waals surface area contributed by atoms with Gasteiger partial charge in [0.1, 0.15) is 11.4 Å². The van der Waals surface area contributed by atoms with Crippen LogP contribution in [0, 0.1) is 10.1 Å². The third-order valence-electron chi connectivity index (χ3n) is 3.18. The van der Waals surface area contributed by atoms with Crippen LogP contribution in [0.15, 0.2) is 18.2 Å². The second kappa shape index (κ2) is 5.22. The van der Waals surface area contributed by atoms with Crippen LogP contribution in [0.4, 0.5) is 11.4 Å². The van der Waals surface area contributed by atoms with Gasteiger partial charge in [0.15, 0.2) is 0 Å². The molecule has 1 aromatic rings. The highest BCUT2D eigenvalue weighted by atomic mass is 16.6. The van der Waals surface area contributed by atoms with Gasteiger partial charge in [-0.05, 0) is 18.9 Å². The average molecular weight is 251 g/mol. The lowest BCUT2D eigenvalue weighted by atomic mass is 10.1. The van der Waals surface area contributed by atoms with E-state index in [2.05, 4.69) is 0 Å². The number of benzene rings is 1. The summed E-state index contributed by atoms with van der Waals surface area (Å²) in [4.78, 5) is 12.7. The molecule has 18 heavy (non-hydrogen) atoms. The molecule has 1 atom stereocenters. The first kappa shape index (κ1) is 12.6. The molecule has 98 valence electrons. The highest BCUT2D eigenvalue weighted by molar-refractivity contribution is 5.66. The number of hydrogen-bond donors (Lipinski definition) is 1. The maximum absolute atomic E-state index is 11.1. The molecule has 0 unspecified atom stereocenters. The smallest absolute Gasteiger partial charge is 0.292 e. The van der Waals surface area contributed by atoms with E-state index in [4.69, 9.17) is 10.5 Å². The lowest BCUT2D eigenvalue weighted by molar-refractivity contribution is -0.384. The first-order valence-corrected chi connectivity index (χ1v) is 5.95. The Morgan fingerprint density at radius 3 is 2.94 bits per heavy atom. The van der Waals surface area contributed by atoms with E-state index < -0.39 is 0 Å². The molecule has 0 radical (unpaired) electrons. The molecule has 1 aliphatic rings. The van der Waals surface area contributed by atoms with E-state index in [0.29, 0.717) is 18.0 Å². The molecule has 2 rings (SSSR count). The van der Waals surface area contributed by atoms with Crippen LogP contribution in [0.25, 0.3) is 0 Å². The summed E-state index contributed by atoms with van der Waals surface area (Å²) in [6.45, 7) is 1.44. The molecular weight excluding hydrogens is 234 g/mol. The topological polar surface area (TPSA) is 81.6 Å². The van der Waals surface area contributed by atoms with Crippen molar-refractivity contribution in [2.24, 2.45) is 5.73 Å². The lowest BCUT2D eigenvalue weighted by Gasteiger charge is -2.32. The Labute approximate surface area is 105 Å². The zero-order chi connectivity index (χ0) is 13.1. The van der Waals surface area contributed by atoms with Gasteiger partial charge in [0, 0.05) is 31.3 Å². The fraction of sp³-hybridized carbons (Fsp3) is 0.500. The Morgan fingerprint density at radius 2 is 2.33 bits per heavy atom. The maximum Gasteiger partial charge on any atom is 0.292 e. The standard InChI is InChI=1S/C12H17N3O3/c1-18-10-4-5-11(15(16)17)12(7-10)14-6-2-3-9(13)8-14/h4-5,7,9H,2-3,6,8,13H2,1H3/t9-/m1/s1. The van der Waals surface area contributed by atoms with Crippen molar-refractivity contribution in [3.05, 3.63) is 28.3 Å². The van der Waals surface area contributed by atoms with Crippen LogP contribution in [0.3, 0.4) is 0 Å². The second-order valence-electron chi connectivity index (χ2n) is 4.46. The SMILES string of the molecule is COc1ccc([N+](=O)[O-])c(N2CCC[C@@H](N)C2)c1. The number of methoxy groups -OCH3 is 1. The predicted molar refractivity (Wildman–Crippen MR) is 69.1 cm³/mol. The molecule has 1 saturated heterocycles. The van der Waals surface area contributed by atoms with Gasteiger partial charge in [-0.25, -0.2) is 0 Å². The summed E-state index contributed by atoms with van der Waals surface area (Å²) in [5.74, 6) is 0.620. The number of nitro groups is 1. The Kier molecular flexibility index (Phi) is 3.66. The van der Waals surface area contributed by atoms with Gasteiger partial charge in [-0.2, -0.15) is 0 Å². The molecule has 0 bridgehead atoms. The van der Waals surface area contributed by atoms with E-state index in [-0.39, 0.29) is 16.7 Å². The number of hydrogen-bond acceptors (Lipinski definition) is 5. The summed E-state index contributed by atoms with van der Waals surface area (Å²) in [6.07, 6.45) is 1.92. The van der Waals surface area contributed by atoms with Crippen molar-refractivity contribution in [1.82, 2.24) is 0 Å². The highest BCUT2D eigenvalue weighted by Gasteiger charge is 2.24. The van der Waals surface area contributed by atoms with Crippen LogP contribution in [-0.2, 0) is 0 Å². The second-order valence-corrected chi connectivity index (χ2v) is 4.46. The van der Waals surface area contributed by atoms with Gasteiger partial charge < -0.3 is 15.4 Å². The molecule has 2 N–H and O–H groups in total. The number of nitro benzene ring substituents is 1. The molecule has 1 aliphatic heterocycles. The molecule has 1 heterocycles. The molecular formula is C12H17N3O3. The predicted octanol–water partition coefficient (Wildman–Crippen LogP) is 1.53. The maximum atomic E-state index is 11.1. The monoisotopic (exact) mass is 251 g/mol. The van der Waals surface area contributed by atoms with E-state index in [1.165, 1.54) is 6.07 Å². The fourth-order valence-electron chi connectivity index (χ4n) is 2.27. The zero-order valence-electron chi connectivity index (χ0n) is 10.3. The Hall–Kier alpha value is -1.82. The van der Waals surface area contributed by atoms with Crippen molar-refractivity contribution in [2.45, 2.75) is 18.9 Å². The fourth-order valence-corrected chi connectivity index (χ4v) is 2.27. The number of ether oxygens (including phenoxy) is 1. The normalized spacial score (nSPS) is 19.7. The average Bonchev–Trinajstić information content (AvgIpc) is 2.38. The summed E-state index contributed by atoms with van der Waals surface area (Å²) in [5, 5.41) is 11.1. The molecule has 0 amide bonds. The number of rotatable bonds is 3. The van der Waals surface area contributed by atoms with Crippen LogP contribution in [-0.4, -0.2) is 31.2 Å². The number of nitrogens with zero attached hydrogens (tertiary/aromatic N) is 2. The molecule has 0 saturated carbocycles. The third-order valence-corrected chi connectivity index (χ3v) is 3.18. The van der Waals surface area contributed by atoms with Crippen LogP contribution in [0.2, 0.25) is 0 Å². The van der Waals surface area contributed by atoms with Gasteiger partial charge in [-0.15, -0.1) is 0 Å². The molecule has 0 aromatic heterocycles. The van der Waals surface area contributed by atoms with Crippen LogP contribution >= 0.6 is 0 Å². The summed E-state index contributed by atoms with van der Waals surface area (Å²) in [7, 11) is 1.55. The lowest BCUT2D eigenvalue weighted by Crippen LogP contribution is -2.43. The number of anilines is 1. The van der Waals surface area contributed by atoms with E-state index in [9.17, 15) is 10.1 Å². The van der Waals surface area contributed by atoms with Crippen molar-refractivity contribution in [2.75, 3.05) is 25.1 Å². The molecule has 0 aliphatic carbocycles. The summed E-state index contributed by atoms with van der Waals surface area (Å²) < 4.78 is 5.13. The summed E-state index contributed by atoms with van der Waals surface area (Å²) >= 11 is 0. The molecule has 6 heteroatoms.